The number of phosphoric ester groups is 1. The number of azide groups is 2. The zero-order valence-corrected chi connectivity index (χ0v) is 47.8. The fraction of sp³-hybridized carbons (Fsp3) is 0.320. The van der Waals surface area contributed by atoms with Gasteiger partial charge >= 0.3 is 41.1 Å². The molecule has 2 aliphatic heterocycles. The number of hydrogen-bond acceptors (Lipinski definition) is 20. The third kappa shape index (κ3) is 16.7. The highest BCUT2D eigenvalue weighted by Crippen LogP contribution is 2.66. The number of aromatic nitrogens is 2. The molecule has 448 valence electrons. The van der Waals surface area contributed by atoms with E-state index in [0.717, 1.165) is 27.6 Å². The van der Waals surface area contributed by atoms with Crippen molar-refractivity contribution in [1.29, 1.82) is 0 Å². The molecule has 1 aromatic heterocycles. The number of benzene rings is 4. The minimum absolute atomic E-state index is 0.0435. The highest BCUT2D eigenvalue weighted by atomic mass is 31.3. The van der Waals surface area contributed by atoms with E-state index in [2.05, 4.69) is 60.7 Å². The van der Waals surface area contributed by atoms with Crippen LogP contribution in [-0.2, 0) is 47.6 Å². The summed E-state index contributed by atoms with van der Waals surface area (Å²) in [4.78, 5) is 115. The predicted molar refractivity (Wildman–Crippen MR) is 298 cm³/mol. The SMILES string of the molecule is CCN=c1cc2oc3cc(NCC)c(C)cc3c(-c3cc(C(=O)NCCOc4ccc(C(=O)OCC#Cc5cn([C@H]6C[C@@H](OCN=[N+]=[N-])[C@@H](COP(=O)(O)OP(=O)(O)OP(=O)(O)O)O6)c(=O)[nH]c5=O)c(CN=[N+]=[N-])c4)ccc3C(=O)O)c-2cc1C. The summed E-state index contributed by atoms with van der Waals surface area (Å²) in [5, 5.41) is 24.7. The van der Waals surface area contributed by atoms with Gasteiger partial charge in [0.1, 0.15) is 48.3 Å². The molecule has 0 radical (unpaired) electrons. The van der Waals surface area contributed by atoms with Gasteiger partial charge in [0.05, 0.1) is 42.3 Å². The lowest BCUT2D eigenvalue weighted by Gasteiger charge is -2.20. The number of rotatable bonds is 25. The molecule has 7 rings (SSSR count). The second kappa shape index (κ2) is 28.0. The lowest BCUT2D eigenvalue weighted by Crippen LogP contribution is -2.33. The number of ether oxygens (including phenoxy) is 4. The highest BCUT2D eigenvalue weighted by Gasteiger charge is 2.44. The van der Waals surface area contributed by atoms with Crippen molar-refractivity contribution in [1.82, 2.24) is 14.9 Å². The molecule has 1 saturated heterocycles. The number of H-pyrrole nitrogens is 1. The van der Waals surface area contributed by atoms with Crippen LogP contribution in [0.3, 0.4) is 0 Å². The van der Waals surface area contributed by atoms with E-state index in [9.17, 15) is 52.6 Å². The van der Waals surface area contributed by atoms with Gasteiger partial charge in [0, 0.05) is 75.4 Å². The molecule has 3 heterocycles. The van der Waals surface area contributed by atoms with E-state index in [1.54, 1.807) is 0 Å². The number of carboxylic acids is 1. The Morgan fingerprint density at radius 2 is 1.67 bits per heavy atom. The number of carbonyl (C=O) groups excluding carboxylic acids is 2. The molecule has 32 nitrogen and oxygen atoms in total. The first-order valence-electron chi connectivity index (χ1n) is 25.1. The molecule has 1 aliphatic carbocycles. The van der Waals surface area contributed by atoms with Crippen LogP contribution in [0.1, 0.15) is 79.8 Å². The van der Waals surface area contributed by atoms with E-state index in [1.165, 1.54) is 36.4 Å². The molecule has 4 aromatic rings. The number of phosphoric acid groups is 3. The Hall–Kier alpha value is -8.45. The minimum atomic E-state index is -5.88. The normalized spacial score (nSPS) is 16.5. The van der Waals surface area contributed by atoms with Crippen molar-refractivity contribution in [3.63, 3.8) is 0 Å². The molecular weight excluding hydrogens is 1180 g/mol. The third-order valence-corrected chi connectivity index (χ3v) is 16.1. The van der Waals surface area contributed by atoms with E-state index in [1.807, 2.05) is 56.9 Å². The predicted octanol–water partition coefficient (Wildman–Crippen LogP) is 6.83. The first-order valence-corrected chi connectivity index (χ1v) is 29.6. The van der Waals surface area contributed by atoms with Crippen LogP contribution >= 0.6 is 23.5 Å². The van der Waals surface area contributed by atoms with E-state index < -0.39 is 90.9 Å². The van der Waals surface area contributed by atoms with Crippen molar-refractivity contribution in [2.75, 3.05) is 51.5 Å². The summed E-state index contributed by atoms with van der Waals surface area (Å²) in [6, 6.07) is 15.9. The molecule has 3 aliphatic rings. The summed E-state index contributed by atoms with van der Waals surface area (Å²) in [6.45, 7) is 6.11. The molecular formula is C50H52N11O21P3. The number of esters is 1. The van der Waals surface area contributed by atoms with Crippen LogP contribution in [0, 0.1) is 25.7 Å². The molecule has 1 amide bonds. The number of nitrogens with one attached hydrogen (secondary N) is 3. The highest BCUT2D eigenvalue weighted by molar-refractivity contribution is 7.66. The lowest BCUT2D eigenvalue weighted by atomic mass is 9.88. The number of carboxylic acid groups (broad SMARTS) is 1. The molecule has 5 atom stereocenters. The van der Waals surface area contributed by atoms with Gasteiger partial charge in [-0.2, -0.15) is 8.62 Å². The Kier molecular flexibility index (Phi) is 21.1. The van der Waals surface area contributed by atoms with E-state index >= 15 is 0 Å². The van der Waals surface area contributed by atoms with Crippen molar-refractivity contribution in [2.24, 2.45) is 15.2 Å². The zero-order chi connectivity index (χ0) is 61.8. The summed E-state index contributed by atoms with van der Waals surface area (Å²) in [5.74, 6) is 2.89. The Labute approximate surface area is 479 Å². The molecule has 35 heteroatoms. The fourth-order valence-corrected chi connectivity index (χ4v) is 11.8. The van der Waals surface area contributed by atoms with Crippen LogP contribution in [0.25, 0.3) is 54.3 Å². The van der Waals surface area contributed by atoms with Gasteiger partial charge < -0.3 is 58.7 Å². The maximum absolute atomic E-state index is 13.8. The molecule has 85 heavy (non-hydrogen) atoms. The van der Waals surface area contributed by atoms with Crippen LogP contribution in [0.2, 0.25) is 0 Å². The lowest BCUT2D eigenvalue weighted by molar-refractivity contribution is -0.0601. The molecule has 0 bridgehead atoms. The Morgan fingerprint density at radius 1 is 0.918 bits per heavy atom. The van der Waals surface area contributed by atoms with Gasteiger partial charge in [-0.3, -0.25) is 28.7 Å². The number of hydrogen-bond donors (Lipinski definition) is 8. The largest absolute Gasteiger partial charge is 0.492 e. The molecule has 0 spiro atoms. The van der Waals surface area contributed by atoms with Crippen LogP contribution in [0.15, 0.2) is 96.1 Å². The van der Waals surface area contributed by atoms with E-state index in [0.29, 0.717) is 46.3 Å². The number of carbonyl (C=O) groups is 3. The molecule has 3 aromatic carbocycles. The van der Waals surface area contributed by atoms with E-state index in [-0.39, 0.29) is 65.2 Å². The van der Waals surface area contributed by atoms with Crippen molar-refractivity contribution in [3.05, 3.63) is 153 Å². The van der Waals surface area contributed by atoms with Gasteiger partial charge in [0.15, 0.2) is 6.61 Å². The van der Waals surface area contributed by atoms with Crippen LogP contribution in [0.5, 0.6) is 5.75 Å². The van der Waals surface area contributed by atoms with Crippen LogP contribution in [0.4, 0.5) is 5.69 Å². The standard InChI is InChI=1S/C50H52N11O21P3/c1-5-53-38-20-40-36(16-27(38)3)45(37-17-28(4)39(54-6-2)21-41(37)79-40)35-19-29(9-11-34(35)48(64)65)46(62)55-13-15-75-32-10-12-33(31(18-32)23-56-59-51)49(66)76-14-7-8-30-24-61(50(67)58-47(30)63)44-22-42(77-26-57-60-52)43(80-44)25-78-84(71,72)82-85(73,74)81-83(68,69)70/h9-12,16-21,24,42-44,53H,5-6,13-15,22-23,25-26H2,1-4H3,(H,55,62)(H,64,65)(H,71,72)(H,73,74)(H,58,63,67)(H2,68,69,70)/t42-,43-,44-/m1/s1. The smallest absolute Gasteiger partial charge is 0.490 e. The molecule has 2 unspecified atom stereocenters. The number of anilines is 1. The van der Waals surface area contributed by atoms with Crippen LogP contribution < -0.4 is 32.0 Å². The summed E-state index contributed by atoms with van der Waals surface area (Å²) in [7, 11) is -17.2. The third-order valence-electron chi connectivity index (χ3n) is 12.3. The van der Waals surface area contributed by atoms with Crippen molar-refractivity contribution in [3.8, 4) is 40.0 Å². The number of aryl methyl sites for hydroxylation is 2. The summed E-state index contributed by atoms with van der Waals surface area (Å²) < 4.78 is 76.8. The van der Waals surface area contributed by atoms with Crippen molar-refractivity contribution in [2.45, 2.75) is 59.1 Å². The summed E-state index contributed by atoms with van der Waals surface area (Å²) in [6.07, 6.45) is -3.37. The average molecular weight is 1240 g/mol. The van der Waals surface area contributed by atoms with Crippen molar-refractivity contribution < 1.29 is 89.3 Å². The Balaban J connectivity index is 1.01. The maximum atomic E-state index is 13.8. The number of aromatic amines is 1. The molecule has 1 fully saturated rings. The average Bonchev–Trinajstić information content (AvgIpc) is 2.09. The topological polar surface area (TPSA) is 470 Å². The second-order valence-corrected chi connectivity index (χ2v) is 22.5. The minimum Gasteiger partial charge on any atom is -0.492 e. The van der Waals surface area contributed by atoms with Crippen LogP contribution in [-0.4, -0.2) is 110 Å². The monoisotopic (exact) mass is 1240 g/mol. The Bertz CT molecular complexity index is 4070. The molecule has 8 N–H and O–H groups in total. The number of amides is 1. The van der Waals surface area contributed by atoms with Gasteiger partial charge in [-0.05, 0) is 110 Å². The van der Waals surface area contributed by atoms with Crippen molar-refractivity contribution >= 4 is 58.0 Å². The maximum Gasteiger partial charge on any atom is 0.490 e. The number of aromatic carboxylic acids is 1. The Morgan fingerprint density at radius 3 is 2.38 bits per heavy atom. The molecule has 0 saturated carbocycles. The van der Waals surface area contributed by atoms with Gasteiger partial charge in [0.25, 0.3) is 11.5 Å². The zero-order valence-electron chi connectivity index (χ0n) is 45.1. The van der Waals surface area contributed by atoms with Gasteiger partial charge in [-0.25, -0.2) is 28.1 Å². The first kappa shape index (κ1) is 64.1. The van der Waals surface area contributed by atoms with E-state index in [4.69, 9.17) is 44.2 Å². The van der Waals surface area contributed by atoms with Gasteiger partial charge in [0.2, 0.25) is 0 Å². The first-order chi connectivity index (χ1) is 40.3. The number of fused-ring (bicyclic) bond motifs is 2. The quantitative estimate of drug-likeness (QED) is 0.00425. The second-order valence-electron chi connectivity index (χ2n) is 18.1. The summed E-state index contributed by atoms with van der Waals surface area (Å²) >= 11 is 0. The summed E-state index contributed by atoms with van der Waals surface area (Å²) in [5.41, 5.74) is 20.1. The van der Waals surface area contributed by atoms with Gasteiger partial charge in [-0.15, -0.1) is 0 Å². The van der Waals surface area contributed by atoms with Gasteiger partial charge in [-0.1, -0.05) is 22.1 Å². The number of nitrogens with zero attached hydrogens (tertiary/aromatic N) is 8. The fourth-order valence-electron chi connectivity index (χ4n) is 8.73.